The molecule has 4 nitrogen and oxygen atoms in total. The van der Waals surface area contributed by atoms with Gasteiger partial charge in [-0.2, -0.15) is 0 Å². The van der Waals surface area contributed by atoms with Gasteiger partial charge in [0.05, 0.1) is 15.2 Å². The molecule has 0 N–H and O–H groups in total. The number of hydrogen-bond donors (Lipinski definition) is 0. The van der Waals surface area contributed by atoms with E-state index in [2.05, 4.69) is 30.9 Å². The fourth-order valence-corrected chi connectivity index (χ4v) is 2.59. The molecule has 104 valence electrons. The van der Waals surface area contributed by atoms with Crippen LogP contribution in [0.3, 0.4) is 0 Å². The van der Waals surface area contributed by atoms with Crippen LogP contribution >= 0.6 is 28.1 Å². The molecule has 0 amide bonds. The first-order valence-corrected chi connectivity index (χ1v) is 7.42. The number of halogens is 1. The van der Waals surface area contributed by atoms with Gasteiger partial charge in [0.1, 0.15) is 5.75 Å². The quantitative estimate of drug-likeness (QED) is 0.678. The monoisotopic (exact) mass is 359 g/mol. The zero-order valence-electron chi connectivity index (χ0n) is 10.9. The van der Waals surface area contributed by atoms with Crippen LogP contribution in [-0.2, 0) is 0 Å². The van der Waals surface area contributed by atoms with E-state index >= 15 is 0 Å². The van der Waals surface area contributed by atoms with E-state index in [1.54, 1.807) is 0 Å². The third-order valence-corrected chi connectivity index (χ3v) is 3.63. The van der Waals surface area contributed by atoms with Gasteiger partial charge in [0.2, 0.25) is 5.11 Å². The Balaban J connectivity index is 0.000000126. The van der Waals surface area contributed by atoms with Gasteiger partial charge >= 0.3 is 0 Å². The van der Waals surface area contributed by atoms with Gasteiger partial charge in [-0.3, -0.25) is 4.99 Å². The van der Waals surface area contributed by atoms with Crippen LogP contribution in [0.25, 0.3) is 0 Å². The molecule has 0 bridgehead atoms. The van der Waals surface area contributed by atoms with Crippen LogP contribution in [0.4, 0.5) is 0 Å². The van der Waals surface area contributed by atoms with Crippen LogP contribution in [-0.4, -0.2) is 18.1 Å². The number of rotatable bonds is 0. The average molecular weight is 360 g/mol. The average Bonchev–Trinajstić information content (AvgIpc) is 2.88. The van der Waals surface area contributed by atoms with E-state index in [4.69, 9.17) is 17.0 Å². The largest absolute Gasteiger partial charge is 0.469 e. The van der Waals surface area contributed by atoms with Crippen LogP contribution < -0.4 is 15.5 Å². The molecule has 0 aliphatic carbocycles. The SMILES string of the molecule is Brc1cccc2c1OCN=C2.S=C1N=c2ccccc2=N1. The second kappa shape index (κ2) is 6.24. The van der Waals surface area contributed by atoms with Crippen LogP contribution in [0.15, 0.2) is 61.9 Å². The Hall–Kier alpha value is -1.92. The van der Waals surface area contributed by atoms with Crippen molar-refractivity contribution >= 4 is 39.5 Å². The predicted molar refractivity (Wildman–Crippen MR) is 88.6 cm³/mol. The van der Waals surface area contributed by atoms with E-state index in [0.717, 1.165) is 26.5 Å². The highest BCUT2D eigenvalue weighted by Crippen LogP contribution is 2.29. The van der Waals surface area contributed by atoms with E-state index in [1.807, 2.05) is 48.7 Å². The third-order valence-electron chi connectivity index (χ3n) is 2.83. The smallest absolute Gasteiger partial charge is 0.220 e. The summed E-state index contributed by atoms with van der Waals surface area (Å²) in [4.78, 5) is 12.0. The summed E-state index contributed by atoms with van der Waals surface area (Å²) in [7, 11) is 0. The van der Waals surface area contributed by atoms with Gasteiger partial charge in [-0.1, -0.05) is 18.2 Å². The Labute approximate surface area is 135 Å². The fourth-order valence-electron chi connectivity index (χ4n) is 1.90. The summed E-state index contributed by atoms with van der Waals surface area (Å²) in [6, 6.07) is 13.5. The lowest BCUT2D eigenvalue weighted by Crippen LogP contribution is -2.19. The van der Waals surface area contributed by atoms with Crippen molar-refractivity contribution in [3.63, 3.8) is 0 Å². The van der Waals surface area contributed by atoms with Gasteiger partial charge in [-0.05, 0) is 52.4 Å². The third kappa shape index (κ3) is 3.22. The van der Waals surface area contributed by atoms with Crippen LogP contribution in [0, 0.1) is 0 Å². The van der Waals surface area contributed by atoms with Crippen LogP contribution in [0.1, 0.15) is 5.56 Å². The van der Waals surface area contributed by atoms with Gasteiger partial charge < -0.3 is 4.74 Å². The topological polar surface area (TPSA) is 46.3 Å². The molecule has 0 radical (unpaired) electrons. The first-order valence-electron chi connectivity index (χ1n) is 6.21. The number of para-hydroxylation sites is 3. The maximum absolute atomic E-state index is 5.31. The highest BCUT2D eigenvalue weighted by atomic mass is 79.9. The zero-order chi connectivity index (χ0) is 14.7. The normalized spacial score (nSPS) is 13.9. The maximum Gasteiger partial charge on any atom is 0.220 e. The van der Waals surface area contributed by atoms with Crippen LogP contribution in [0.2, 0.25) is 0 Å². The Morgan fingerprint density at radius 3 is 2.38 bits per heavy atom. The lowest BCUT2D eigenvalue weighted by atomic mass is 10.2. The molecule has 0 saturated carbocycles. The minimum Gasteiger partial charge on any atom is -0.469 e. The molecule has 2 aliphatic heterocycles. The first-order chi connectivity index (χ1) is 10.2. The molecular formula is C15H10BrN3OS. The van der Waals surface area contributed by atoms with Crippen molar-refractivity contribution in [2.75, 3.05) is 6.73 Å². The molecule has 2 aliphatic rings. The molecule has 2 aromatic carbocycles. The van der Waals surface area contributed by atoms with Crippen LogP contribution in [0.5, 0.6) is 5.75 Å². The molecule has 21 heavy (non-hydrogen) atoms. The van der Waals surface area contributed by atoms with E-state index in [9.17, 15) is 0 Å². The molecule has 0 atom stereocenters. The number of hydrogen-bond acceptors (Lipinski definition) is 3. The summed E-state index contributed by atoms with van der Waals surface area (Å²) < 4.78 is 6.30. The Morgan fingerprint density at radius 2 is 1.71 bits per heavy atom. The van der Waals surface area contributed by atoms with Crippen molar-refractivity contribution in [3.05, 3.63) is 63.2 Å². The molecule has 2 aromatic rings. The maximum atomic E-state index is 5.31. The number of benzene rings is 2. The second-order valence-electron chi connectivity index (χ2n) is 4.24. The lowest BCUT2D eigenvalue weighted by Gasteiger charge is -2.12. The number of nitrogens with zero attached hydrogens (tertiary/aromatic N) is 3. The lowest BCUT2D eigenvalue weighted by molar-refractivity contribution is 0.324. The summed E-state index contributed by atoms with van der Waals surface area (Å²) in [5.41, 5.74) is 1.03. The van der Waals surface area contributed by atoms with Gasteiger partial charge in [-0.15, -0.1) is 0 Å². The Morgan fingerprint density at radius 1 is 1.00 bits per heavy atom. The summed E-state index contributed by atoms with van der Waals surface area (Å²) in [6.45, 7) is 0.426. The number of fused-ring (bicyclic) bond motifs is 2. The molecule has 4 rings (SSSR count). The minimum atomic E-state index is 0.426. The molecular weight excluding hydrogens is 350 g/mol. The predicted octanol–water partition coefficient (Wildman–Crippen LogP) is 2.44. The standard InChI is InChI=1S/C8H6BrNO.C7H4N2S/c9-7-3-1-2-6-4-10-5-11-8(6)7;10-7-8-5-3-1-2-4-6(5)9-7/h1-4H,5H2;1-4H. The number of thiocarbonyl (C=S) groups is 1. The van der Waals surface area contributed by atoms with E-state index in [1.165, 1.54) is 0 Å². The first kappa shape index (κ1) is 14.0. The van der Waals surface area contributed by atoms with Crippen molar-refractivity contribution in [1.29, 1.82) is 0 Å². The summed E-state index contributed by atoms with van der Waals surface area (Å²) >= 11 is 8.19. The molecule has 0 aromatic heterocycles. The van der Waals surface area contributed by atoms with E-state index in [-0.39, 0.29) is 0 Å². The van der Waals surface area contributed by atoms with E-state index in [0.29, 0.717) is 11.8 Å². The molecule has 0 saturated heterocycles. The Bertz CT molecular complexity index is 811. The number of aliphatic imine (C=N–C) groups is 1. The fraction of sp³-hybridized carbons (Fsp3) is 0.0667. The summed E-state index contributed by atoms with van der Waals surface area (Å²) in [5.74, 6) is 0.891. The molecule has 0 spiro atoms. The van der Waals surface area contributed by atoms with Crippen molar-refractivity contribution in [3.8, 4) is 5.75 Å². The molecule has 6 heteroatoms. The van der Waals surface area contributed by atoms with Gasteiger partial charge in [0, 0.05) is 11.8 Å². The molecule has 0 fully saturated rings. The summed E-state index contributed by atoms with van der Waals surface area (Å²) in [5, 5.41) is 2.20. The zero-order valence-corrected chi connectivity index (χ0v) is 13.3. The molecule has 0 unspecified atom stereocenters. The minimum absolute atomic E-state index is 0.426. The van der Waals surface area contributed by atoms with Crippen molar-refractivity contribution in [1.82, 2.24) is 0 Å². The van der Waals surface area contributed by atoms with Crippen molar-refractivity contribution < 1.29 is 4.74 Å². The molecule has 2 heterocycles. The van der Waals surface area contributed by atoms with Gasteiger partial charge in [0.25, 0.3) is 0 Å². The van der Waals surface area contributed by atoms with E-state index < -0.39 is 0 Å². The van der Waals surface area contributed by atoms with Crippen molar-refractivity contribution in [2.24, 2.45) is 15.0 Å². The summed E-state index contributed by atoms with van der Waals surface area (Å²) in [6.07, 6.45) is 1.82. The Kier molecular flexibility index (Phi) is 4.17. The van der Waals surface area contributed by atoms with Gasteiger partial charge in [0.15, 0.2) is 6.73 Å². The van der Waals surface area contributed by atoms with Gasteiger partial charge in [-0.25, -0.2) is 9.98 Å². The number of ether oxygens (including phenoxy) is 1. The highest BCUT2D eigenvalue weighted by Gasteiger charge is 2.08. The van der Waals surface area contributed by atoms with Crippen molar-refractivity contribution in [2.45, 2.75) is 0 Å². The highest BCUT2D eigenvalue weighted by molar-refractivity contribution is 9.10. The second-order valence-corrected chi connectivity index (χ2v) is 5.46.